The summed E-state index contributed by atoms with van der Waals surface area (Å²) in [4.78, 5) is 9.34. The molecule has 0 aromatic carbocycles. The molecule has 0 spiro atoms. The highest BCUT2D eigenvalue weighted by Crippen LogP contribution is 2.20. The number of hydrogen-bond acceptors (Lipinski definition) is 3. The molecule has 1 fully saturated rings. The quantitative estimate of drug-likeness (QED) is 0.794. The lowest BCUT2D eigenvalue weighted by Gasteiger charge is -2.23. The van der Waals surface area contributed by atoms with E-state index in [9.17, 15) is 0 Å². The highest BCUT2D eigenvalue weighted by molar-refractivity contribution is 6.17. The van der Waals surface area contributed by atoms with Crippen molar-refractivity contribution in [2.45, 2.75) is 51.7 Å². The van der Waals surface area contributed by atoms with Crippen LogP contribution in [-0.4, -0.2) is 33.1 Å². The predicted molar refractivity (Wildman–Crippen MR) is 84.9 cm³/mol. The maximum Gasteiger partial charge on any atom is 0.160 e. The summed E-state index contributed by atoms with van der Waals surface area (Å²) in [6.45, 7) is 3.83. The Hall–Kier alpha value is -1.13. The lowest BCUT2D eigenvalue weighted by Crippen LogP contribution is -2.21. The summed E-state index contributed by atoms with van der Waals surface area (Å²) < 4.78 is 8.06. The van der Waals surface area contributed by atoms with Gasteiger partial charge in [-0.25, -0.2) is 9.97 Å². The third-order valence-electron chi connectivity index (χ3n) is 4.08. The first-order valence-corrected chi connectivity index (χ1v) is 8.31. The molecule has 1 aliphatic rings. The molecule has 3 rings (SSSR count). The Morgan fingerprint density at radius 2 is 2.24 bits per heavy atom. The van der Waals surface area contributed by atoms with Crippen molar-refractivity contribution in [2.24, 2.45) is 0 Å². The van der Waals surface area contributed by atoms with Crippen molar-refractivity contribution in [2.75, 3.05) is 12.5 Å². The largest absolute Gasteiger partial charge is 0.378 e. The first kappa shape index (κ1) is 14.8. The van der Waals surface area contributed by atoms with Gasteiger partial charge in [0.25, 0.3) is 0 Å². The van der Waals surface area contributed by atoms with Crippen LogP contribution in [0.15, 0.2) is 12.1 Å². The molecule has 1 unspecified atom stereocenters. The zero-order valence-electron chi connectivity index (χ0n) is 12.5. The number of aromatic nitrogens is 3. The Bertz CT molecular complexity index is 605. The van der Waals surface area contributed by atoms with Gasteiger partial charge in [-0.2, -0.15) is 0 Å². The molecule has 21 heavy (non-hydrogen) atoms. The molecule has 5 heteroatoms. The molecule has 1 aliphatic heterocycles. The fraction of sp³-hybridized carbons (Fsp3) is 0.625. The Labute approximate surface area is 130 Å². The van der Waals surface area contributed by atoms with E-state index in [1.165, 1.54) is 19.3 Å². The standard InChI is InChI=1S/C16H22ClN3O/c1-12-5-6-14-16(18-12)20(15(19-14)7-9-17)10-8-13-4-2-3-11-21-13/h5-6,13H,2-4,7-11H2,1H3. The number of fused-ring (bicyclic) bond motifs is 1. The number of hydrogen-bond donors (Lipinski definition) is 0. The monoisotopic (exact) mass is 307 g/mol. The van der Waals surface area contributed by atoms with Gasteiger partial charge in [0.2, 0.25) is 0 Å². The highest BCUT2D eigenvalue weighted by atomic mass is 35.5. The van der Waals surface area contributed by atoms with Gasteiger partial charge in [0.05, 0.1) is 6.10 Å². The van der Waals surface area contributed by atoms with Crippen LogP contribution in [0.3, 0.4) is 0 Å². The second kappa shape index (κ2) is 6.75. The smallest absolute Gasteiger partial charge is 0.160 e. The summed E-state index contributed by atoms with van der Waals surface area (Å²) in [6, 6.07) is 4.05. The average Bonchev–Trinajstić information content (AvgIpc) is 2.83. The van der Waals surface area contributed by atoms with Crippen molar-refractivity contribution < 1.29 is 4.74 Å². The second-order valence-electron chi connectivity index (χ2n) is 5.69. The zero-order chi connectivity index (χ0) is 14.7. The predicted octanol–water partition coefficient (Wildman–Crippen LogP) is 3.48. The van der Waals surface area contributed by atoms with Crippen LogP contribution in [0.2, 0.25) is 0 Å². The molecule has 1 atom stereocenters. The van der Waals surface area contributed by atoms with E-state index in [2.05, 4.69) is 14.5 Å². The van der Waals surface area contributed by atoms with Gasteiger partial charge in [-0.3, -0.25) is 0 Å². The first-order valence-electron chi connectivity index (χ1n) is 7.78. The maximum atomic E-state index is 5.92. The van der Waals surface area contributed by atoms with Crippen molar-refractivity contribution in [1.29, 1.82) is 0 Å². The number of aryl methyl sites for hydroxylation is 3. The average molecular weight is 308 g/mol. The maximum absolute atomic E-state index is 5.92. The van der Waals surface area contributed by atoms with Gasteiger partial charge in [-0.1, -0.05) is 0 Å². The molecule has 2 aromatic rings. The highest BCUT2D eigenvalue weighted by Gasteiger charge is 2.17. The van der Waals surface area contributed by atoms with E-state index in [-0.39, 0.29) is 0 Å². The van der Waals surface area contributed by atoms with Crippen LogP contribution in [0.25, 0.3) is 11.2 Å². The van der Waals surface area contributed by atoms with E-state index in [1.54, 1.807) is 0 Å². The molecule has 0 amide bonds. The fourth-order valence-corrected chi connectivity index (χ4v) is 3.13. The second-order valence-corrected chi connectivity index (χ2v) is 6.07. The third kappa shape index (κ3) is 3.38. The summed E-state index contributed by atoms with van der Waals surface area (Å²) in [7, 11) is 0. The van der Waals surface area contributed by atoms with E-state index in [0.717, 1.165) is 48.7 Å². The minimum absolute atomic E-state index is 0.380. The summed E-state index contributed by atoms with van der Waals surface area (Å²) in [6.07, 6.45) is 5.83. The van der Waals surface area contributed by atoms with Gasteiger partial charge in [-0.15, -0.1) is 11.6 Å². The van der Waals surface area contributed by atoms with Crippen LogP contribution in [-0.2, 0) is 17.7 Å². The molecule has 0 aliphatic carbocycles. The van der Waals surface area contributed by atoms with Gasteiger partial charge in [0.15, 0.2) is 5.65 Å². The van der Waals surface area contributed by atoms with Gasteiger partial charge in [0, 0.05) is 31.1 Å². The van der Waals surface area contributed by atoms with Gasteiger partial charge >= 0.3 is 0 Å². The van der Waals surface area contributed by atoms with Crippen LogP contribution in [0, 0.1) is 6.92 Å². The summed E-state index contributed by atoms with van der Waals surface area (Å²) in [5.74, 6) is 1.62. The fourth-order valence-electron chi connectivity index (χ4n) is 2.96. The summed E-state index contributed by atoms with van der Waals surface area (Å²) in [5.41, 5.74) is 2.96. The van der Waals surface area contributed by atoms with Crippen LogP contribution < -0.4 is 0 Å². The van der Waals surface area contributed by atoms with Crippen LogP contribution in [0.1, 0.15) is 37.2 Å². The summed E-state index contributed by atoms with van der Waals surface area (Å²) in [5, 5.41) is 0. The van der Waals surface area contributed by atoms with Crippen LogP contribution in [0.4, 0.5) is 0 Å². The topological polar surface area (TPSA) is 39.9 Å². The van der Waals surface area contributed by atoms with Gasteiger partial charge in [-0.05, 0) is 44.7 Å². The minimum Gasteiger partial charge on any atom is -0.378 e. The number of imidazole rings is 1. The number of ether oxygens (including phenoxy) is 1. The van der Waals surface area contributed by atoms with Crippen LogP contribution in [0.5, 0.6) is 0 Å². The zero-order valence-corrected chi connectivity index (χ0v) is 13.3. The van der Waals surface area contributed by atoms with Crippen LogP contribution >= 0.6 is 11.6 Å². The Morgan fingerprint density at radius 1 is 1.33 bits per heavy atom. The molecule has 0 bridgehead atoms. The Morgan fingerprint density at radius 3 is 3.00 bits per heavy atom. The first-order chi connectivity index (χ1) is 10.3. The SMILES string of the molecule is Cc1ccc2nc(CCCl)n(CCC3CCCCO3)c2n1. The van der Waals surface area contributed by atoms with Crippen molar-refractivity contribution in [3.05, 3.63) is 23.7 Å². The molecular weight excluding hydrogens is 286 g/mol. The van der Waals surface area contributed by atoms with Crippen molar-refractivity contribution in [3.63, 3.8) is 0 Å². The molecule has 3 heterocycles. The third-order valence-corrected chi connectivity index (χ3v) is 4.27. The Balaban J connectivity index is 1.83. The van der Waals surface area contributed by atoms with E-state index in [0.29, 0.717) is 12.0 Å². The molecule has 0 radical (unpaired) electrons. The lowest BCUT2D eigenvalue weighted by atomic mass is 10.1. The van der Waals surface area contributed by atoms with Gasteiger partial charge < -0.3 is 9.30 Å². The Kier molecular flexibility index (Phi) is 4.76. The van der Waals surface area contributed by atoms with E-state index < -0.39 is 0 Å². The number of alkyl halides is 1. The molecule has 1 saturated heterocycles. The molecule has 114 valence electrons. The molecular formula is C16H22ClN3O. The number of pyridine rings is 1. The van der Waals surface area contributed by atoms with Gasteiger partial charge in [0.1, 0.15) is 11.3 Å². The number of halogens is 1. The lowest BCUT2D eigenvalue weighted by molar-refractivity contribution is 0.00885. The van der Waals surface area contributed by atoms with E-state index >= 15 is 0 Å². The molecule has 0 N–H and O–H groups in total. The molecule has 0 saturated carbocycles. The van der Waals surface area contributed by atoms with Crippen molar-refractivity contribution in [1.82, 2.24) is 14.5 Å². The summed E-state index contributed by atoms with van der Waals surface area (Å²) >= 11 is 5.92. The van der Waals surface area contributed by atoms with E-state index in [1.807, 2.05) is 19.1 Å². The van der Waals surface area contributed by atoms with Crippen molar-refractivity contribution in [3.8, 4) is 0 Å². The minimum atomic E-state index is 0.380. The van der Waals surface area contributed by atoms with E-state index in [4.69, 9.17) is 16.3 Å². The van der Waals surface area contributed by atoms with Crippen molar-refractivity contribution >= 4 is 22.8 Å². The molecule has 2 aromatic heterocycles. The number of nitrogens with zero attached hydrogens (tertiary/aromatic N) is 3. The molecule has 4 nitrogen and oxygen atoms in total. The normalized spacial score (nSPS) is 19.2. The number of rotatable bonds is 5.